The fourth-order valence-corrected chi connectivity index (χ4v) is 2.95. The van der Waals surface area contributed by atoms with Gasteiger partial charge in [0, 0.05) is 11.0 Å². The molecule has 0 saturated heterocycles. The molecule has 7 heteroatoms. The third kappa shape index (κ3) is 8.35. The SMILES string of the molecule is CC(C)(C)OC(=O)CNCC(O)c1ccc(OC(=O)Cc2ccccc2Br)cc1. The van der Waals surface area contributed by atoms with Gasteiger partial charge in [-0.25, -0.2) is 0 Å². The van der Waals surface area contributed by atoms with E-state index in [1.54, 1.807) is 45.0 Å². The average molecular weight is 464 g/mol. The quantitative estimate of drug-likeness (QED) is 0.459. The van der Waals surface area contributed by atoms with E-state index in [0.29, 0.717) is 11.3 Å². The van der Waals surface area contributed by atoms with E-state index in [1.807, 2.05) is 24.3 Å². The summed E-state index contributed by atoms with van der Waals surface area (Å²) in [5, 5.41) is 13.1. The third-order valence-electron chi connectivity index (χ3n) is 3.82. The molecule has 0 heterocycles. The molecule has 0 saturated carbocycles. The van der Waals surface area contributed by atoms with Gasteiger partial charge in [-0.3, -0.25) is 9.59 Å². The molecule has 0 aromatic heterocycles. The maximum Gasteiger partial charge on any atom is 0.320 e. The Labute approximate surface area is 179 Å². The van der Waals surface area contributed by atoms with Crippen LogP contribution < -0.4 is 10.1 Å². The van der Waals surface area contributed by atoms with Crippen molar-refractivity contribution in [3.8, 4) is 5.75 Å². The van der Waals surface area contributed by atoms with Gasteiger partial charge in [0.1, 0.15) is 11.4 Å². The van der Waals surface area contributed by atoms with Crippen LogP contribution in [0.5, 0.6) is 5.75 Å². The monoisotopic (exact) mass is 463 g/mol. The highest BCUT2D eigenvalue weighted by Gasteiger charge is 2.16. The van der Waals surface area contributed by atoms with Crippen molar-refractivity contribution in [3.05, 3.63) is 64.1 Å². The first-order valence-corrected chi connectivity index (χ1v) is 10.1. The first kappa shape index (κ1) is 23.1. The molecule has 0 aliphatic rings. The number of carbonyl (C=O) groups excluding carboxylic acids is 2. The summed E-state index contributed by atoms with van der Waals surface area (Å²) in [4.78, 5) is 23.8. The third-order valence-corrected chi connectivity index (χ3v) is 4.59. The second-order valence-corrected chi connectivity index (χ2v) is 8.40. The number of halogens is 1. The Morgan fingerprint density at radius 3 is 2.34 bits per heavy atom. The topological polar surface area (TPSA) is 84.9 Å². The van der Waals surface area contributed by atoms with E-state index in [4.69, 9.17) is 9.47 Å². The predicted molar refractivity (Wildman–Crippen MR) is 114 cm³/mol. The maximum atomic E-state index is 12.1. The van der Waals surface area contributed by atoms with Crippen LogP contribution in [0.3, 0.4) is 0 Å². The molecular weight excluding hydrogens is 438 g/mol. The molecule has 0 aliphatic carbocycles. The van der Waals surface area contributed by atoms with Gasteiger partial charge in [-0.15, -0.1) is 0 Å². The number of benzene rings is 2. The van der Waals surface area contributed by atoms with E-state index in [0.717, 1.165) is 10.0 Å². The van der Waals surface area contributed by atoms with Gasteiger partial charge in [0.15, 0.2) is 0 Å². The van der Waals surface area contributed by atoms with Crippen molar-refractivity contribution in [1.29, 1.82) is 0 Å². The summed E-state index contributed by atoms with van der Waals surface area (Å²) < 4.78 is 11.4. The first-order chi connectivity index (χ1) is 13.6. The lowest BCUT2D eigenvalue weighted by Gasteiger charge is -2.20. The van der Waals surface area contributed by atoms with Gasteiger partial charge in [0.25, 0.3) is 0 Å². The zero-order valence-corrected chi connectivity index (χ0v) is 18.4. The van der Waals surface area contributed by atoms with Gasteiger partial charge in [-0.05, 0) is 50.1 Å². The molecule has 6 nitrogen and oxygen atoms in total. The van der Waals surface area contributed by atoms with Crippen molar-refractivity contribution >= 4 is 27.9 Å². The van der Waals surface area contributed by atoms with E-state index >= 15 is 0 Å². The highest BCUT2D eigenvalue weighted by atomic mass is 79.9. The van der Waals surface area contributed by atoms with Crippen LogP contribution in [0, 0.1) is 0 Å². The highest BCUT2D eigenvalue weighted by Crippen LogP contribution is 2.20. The zero-order chi connectivity index (χ0) is 21.4. The normalized spacial score (nSPS) is 12.3. The number of rotatable bonds is 8. The van der Waals surface area contributed by atoms with Gasteiger partial charge in [0.05, 0.1) is 19.1 Å². The Morgan fingerprint density at radius 1 is 1.07 bits per heavy atom. The highest BCUT2D eigenvalue weighted by molar-refractivity contribution is 9.10. The molecular formula is C22H26BrNO5. The van der Waals surface area contributed by atoms with Crippen LogP contribution in [0.15, 0.2) is 53.0 Å². The van der Waals surface area contributed by atoms with Crippen LogP contribution in [0.4, 0.5) is 0 Å². The zero-order valence-electron chi connectivity index (χ0n) is 16.8. The van der Waals surface area contributed by atoms with Crippen LogP contribution in [-0.2, 0) is 20.7 Å². The Morgan fingerprint density at radius 2 is 1.72 bits per heavy atom. The molecule has 0 fully saturated rings. The lowest BCUT2D eigenvalue weighted by Crippen LogP contribution is -2.33. The summed E-state index contributed by atoms with van der Waals surface area (Å²) >= 11 is 3.41. The summed E-state index contributed by atoms with van der Waals surface area (Å²) in [5.74, 6) is -0.346. The predicted octanol–water partition coefficient (Wildman–Crippen LogP) is 3.56. The maximum absolute atomic E-state index is 12.1. The van der Waals surface area contributed by atoms with Crippen molar-refractivity contribution in [1.82, 2.24) is 5.32 Å². The molecule has 0 bridgehead atoms. The van der Waals surface area contributed by atoms with E-state index in [9.17, 15) is 14.7 Å². The number of aliphatic hydroxyl groups excluding tert-OH is 1. The fraction of sp³-hybridized carbons (Fsp3) is 0.364. The largest absolute Gasteiger partial charge is 0.459 e. The van der Waals surface area contributed by atoms with Crippen molar-refractivity contribution in [2.75, 3.05) is 13.1 Å². The van der Waals surface area contributed by atoms with E-state index < -0.39 is 11.7 Å². The Bertz CT molecular complexity index is 830. The second kappa shape index (κ2) is 10.5. The minimum absolute atomic E-state index is 0.0130. The van der Waals surface area contributed by atoms with Crippen molar-refractivity contribution < 1.29 is 24.2 Å². The summed E-state index contributed by atoms with van der Waals surface area (Å²) in [6, 6.07) is 14.1. The number of aliphatic hydroxyl groups is 1. The smallest absolute Gasteiger partial charge is 0.320 e. The Balaban J connectivity index is 1.80. The second-order valence-electron chi connectivity index (χ2n) is 7.54. The molecule has 1 atom stereocenters. The van der Waals surface area contributed by atoms with E-state index in [2.05, 4.69) is 21.2 Å². The molecule has 156 valence electrons. The number of esters is 2. The first-order valence-electron chi connectivity index (χ1n) is 9.29. The van der Waals surface area contributed by atoms with Crippen molar-refractivity contribution in [2.24, 2.45) is 0 Å². The molecule has 2 rings (SSSR count). The van der Waals surface area contributed by atoms with Crippen molar-refractivity contribution in [3.63, 3.8) is 0 Å². The lowest BCUT2D eigenvalue weighted by molar-refractivity contribution is -0.153. The van der Waals surface area contributed by atoms with E-state index in [-0.39, 0.29) is 31.4 Å². The number of ether oxygens (including phenoxy) is 2. The summed E-state index contributed by atoms with van der Waals surface area (Å²) in [6.07, 6.45) is -0.650. The van der Waals surface area contributed by atoms with Gasteiger partial charge < -0.3 is 19.9 Å². The molecule has 0 radical (unpaired) electrons. The number of hydrogen-bond acceptors (Lipinski definition) is 6. The summed E-state index contributed by atoms with van der Waals surface area (Å²) in [5.41, 5.74) is 0.953. The summed E-state index contributed by atoms with van der Waals surface area (Å²) in [6.45, 7) is 5.60. The number of carbonyl (C=O) groups is 2. The summed E-state index contributed by atoms with van der Waals surface area (Å²) in [7, 11) is 0. The molecule has 1 unspecified atom stereocenters. The lowest BCUT2D eigenvalue weighted by atomic mass is 10.1. The number of nitrogens with one attached hydrogen (secondary N) is 1. The van der Waals surface area contributed by atoms with Crippen LogP contribution in [0.1, 0.15) is 38.0 Å². The van der Waals surface area contributed by atoms with Crippen molar-refractivity contribution in [2.45, 2.75) is 38.9 Å². The molecule has 2 N–H and O–H groups in total. The fourth-order valence-electron chi connectivity index (χ4n) is 2.53. The van der Waals surface area contributed by atoms with Gasteiger partial charge in [-0.1, -0.05) is 46.3 Å². The molecule has 29 heavy (non-hydrogen) atoms. The van der Waals surface area contributed by atoms with Crippen LogP contribution >= 0.6 is 15.9 Å². The Kier molecular flexibility index (Phi) is 8.37. The average Bonchev–Trinajstić information content (AvgIpc) is 2.62. The van der Waals surface area contributed by atoms with Gasteiger partial charge in [-0.2, -0.15) is 0 Å². The minimum atomic E-state index is -0.803. The molecule has 0 aliphatic heterocycles. The molecule has 2 aromatic rings. The minimum Gasteiger partial charge on any atom is -0.459 e. The Hall–Kier alpha value is -2.22. The molecule has 0 amide bonds. The standard InChI is InChI=1S/C22H26BrNO5/c1-22(2,3)29-21(27)14-24-13-19(25)15-8-10-17(11-9-15)28-20(26)12-16-6-4-5-7-18(16)23/h4-11,19,24-25H,12-14H2,1-3H3. The number of hydrogen-bond donors (Lipinski definition) is 2. The molecule has 0 spiro atoms. The van der Waals surface area contributed by atoms with Gasteiger partial charge in [0.2, 0.25) is 0 Å². The molecule has 2 aromatic carbocycles. The van der Waals surface area contributed by atoms with Crippen LogP contribution in [0.25, 0.3) is 0 Å². The van der Waals surface area contributed by atoms with Gasteiger partial charge >= 0.3 is 11.9 Å². The van der Waals surface area contributed by atoms with E-state index in [1.165, 1.54) is 0 Å². The van der Waals surface area contributed by atoms with Crippen LogP contribution in [-0.4, -0.2) is 35.7 Å². The van der Waals surface area contributed by atoms with Crippen LogP contribution in [0.2, 0.25) is 0 Å².